The normalized spacial score (nSPS) is 20.7. The van der Waals surface area contributed by atoms with Crippen molar-refractivity contribution in [2.75, 3.05) is 37.7 Å². The zero-order chi connectivity index (χ0) is 19.6. The highest BCUT2D eigenvalue weighted by Gasteiger charge is 2.33. The molecule has 0 bridgehead atoms. The minimum absolute atomic E-state index is 0.0688. The Bertz CT molecular complexity index is 703. The van der Waals surface area contributed by atoms with E-state index in [2.05, 4.69) is 17.2 Å². The van der Waals surface area contributed by atoms with Gasteiger partial charge >= 0.3 is 6.18 Å². The van der Waals surface area contributed by atoms with Gasteiger partial charge in [-0.25, -0.2) is 4.39 Å². The Labute approximate surface area is 156 Å². The quantitative estimate of drug-likeness (QED) is 0.802. The lowest BCUT2D eigenvalue weighted by Gasteiger charge is -2.40. The van der Waals surface area contributed by atoms with Crippen molar-refractivity contribution in [3.05, 3.63) is 53.6 Å². The fourth-order valence-electron chi connectivity index (χ4n) is 3.61. The average Bonchev–Trinajstić information content (AvgIpc) is 2.62. The highest BCUT2D eigenvalue weighted by molar-refractivity contribution is 5.54. The highest BCUT2D eigenvalue weighted by atomic mass is 19.4. The Kier molecular flexibility index (Phi) is 5.76. The van der Waals surface area contributed by atoms with Crippen molar-refractivity contribution in [3.8, 4) is 0 Å². The van der Waals surface area contributed by atoms with Gasteiger partial charge in [-0.05, 0) is 49.8 Å². The molecule has 8 heteroatoms. The number of rotatable bonds is 4. The van der Waals surface area contributed by atoms with Crippen LogP contribution in [0.2, 0.25) is 0 Å². The third-order valence-electron chi connectivity index (χ3n) is 5.11. The number of alkyl halides is 3. The van der Waals surface area contributed by atoms with Crippen LogP contribution in [0.4, 0.5) is 23.2 Å². The second-order valence-electron chi connectivity index (χ2n) is 6.92. The van der Waals surface area contributed by atoms with E-state index in [4.69, 9.17) is 0 Å². The summed E-state index contributed by atoms with van der Waals surface area (Å²) in [6.45, 7) is 5.18. The van der Waals surface area contributed by atoms with E-state index in [-0.39, 0.29) is 11.9 Å². The van der Waals surface area contributed by atoms with Crippen LogP contribution in [0, 0.1) is 5.82 Å². The summed E-state index contributed by atoms with van der Waals surface area (Å²) in [6.07, 6.45) is -0.343. The SMILES string of the molecule is CC1=C(C(C)N2CCN(CC(F)(F)F)CC2)C=CNN1c1ccc(F)cc1. The Balaban J connectivity index is 1.68. The van der Waals surface area contributed by atoms with Gasteiger partial charge in [-0.15, -0.1) is 0 Å². The first kappa shape index (κ1) is 19.7. The molecule has 0 aromatic heterocycles. The lowest BCUT2D eigenvalue weighted by atomic mass is 10.0. The molecule has 2 aliphatic rings. The molecule has 148 valence electrons. The van der Waals surface area contributed by atoms with Crippen LogP contribution in [-0.4, -0.2) is 54.7 Å². The maximum absolute atomic E-state index is 13.2. The molecular weight excluding hydrogens is 360 g/mol. The minimum atomic E-state index is -4.15. The standard InChI is InChI=1S/C19H24F4N4/c1-14(26-11-9-25(10-12-26)13-19(21,22)23)18-7-8-24-27(15(18)2)17-5-3-16(20)4-6-17/h3-8,14,24H,9-13H2,1-2H3. The van der Waals surface area contributed by atoms with Crippen LogP contribution >= 0.6 is 0 Å². The fraction of sp³-hybridized carbons (Fsp3) is 0.474. The van der Waals surface area contributed by atoms with Crippen LogP contribution < -0.4 is 10.4 Å². The summed E-state index contributed by atoms with van der Waals surface area (Å²) in [6, 6.07) is 6.28. The van der Waals surface area contributed by atoms with E-state index in [1.807, 2.05) is 24.2 Å². The third-order valence-corrected chi connectivity index (χ3v) is 5.11. The molecule has 0 amide bonds. The van der Waals surface area contributed by atoms with Crippen LogP contribution in [0.25, 0.3) is 0 Å². The summed E-state index contributed by atoms with van der Waals surface area (Å²) in [5.41, 5.74) is 6.03. The number of nitrogens with zero attached hydrogens (tertiary/aromatic N) is 3. The molecule has 1 N–H and O–H groups in total. The van der Waals surface area contributed by atoms with Crippen molar-refractivity contribution in [3.63, 3.8) is 0 Å². The van der Waals surface area contributed by atoms with Crippen LogP contribution in [0.5, 0.6) is 0 Å². The molecule has 1 aromatic rings. The van der Waals surface area contributed by atoms with E-state index >= 15 is 0 Å². The van der Waals surface area contributed by atoms with E-state index < -0.39 is 12.7 Å². The Morgan fingerprint density at radius 2 is 1.70 bits per heavy atom. The number of hydrogen-bond donors (Lipinski definition) is 1. The number of piperazine rings is 1. The Hall–Kier alpha value is -2.06. The number of anilines is 1. The molecule has 1 saturated heterocycles. The van der Waals surface area contributed by atoms with Gasteiger partial charge in [0.05, 0.1) is 12.2 Å². The van der Waals surface area contributed by atoms with Gasteiger partial charge in [0.15, 0.2) is 0 Å². The molecule has 0 spiro atoms. The first-order chi connectivity index (χ1) is 12.7. The van der Waals surface area contributed by atoms with Crippen molar-refractivity contribution in [1.82, 2.24) is 15.2 Å². The van der Waals surface area contributed by atoms with Gasteiger partial charge in [0.25, 0.3) is 0 Å². The van der Waals surface area contributed by atoms with E-state index in [9.17, 15) is 17.6 Å². The van der Waals surface area contributed by atoms with Crippen molar-refractivity contribution in [2.24, 2.45) is 0 Å². The summed E-state index contributed by atoms with van der Waals surface area (Å²) in [7, 11) is 0. The molecule has 3 rings (SSSR count). The molecule has 0 aliphatic carbocycles. The first-order valence-electron chi connectivity index (χ1n) is 8.97. The zero-order valence-electron chi connectivity index (χ0n) is 15.4. The lowest BCUT2D eigenvalue weighted by Crippen LogP contribution is -2.52. The monoisotopic (exact) mass is 384 g/mol. The number of hydrazine groups is 1. The third kappa shape index (κ3) is 4.81. The van der Waals surface area contributed by atoms with Gasteiger partial charge in [-0.3, -0.25) is 14.8 Å². The van der Waals surface area contributed by atoms with Crippen molar-refractivity contribution in [1.29, 1.82) is 0 Å². The van der Waals surface area contributed by atoms with Crippen LogP contribution in [0.1, 0.15) is 13.8 Å². The zero-order valence-corrected chi connectivity index (χ0v) is 15.4. The van der Waals surface area contributed by atoms with Gasteiger partial charge in [0, 0.05) is 44.1 Å². The predicted molar refractivity (Wildman–Crippen MR) is 97.4 cm³/mol. The van der Waals surface area contributed by atoms with Crippen molar-refractivity contribution in [2.45, 2.75) is 26.1 Å². The van der Waals surface area contributed by atoms with E-state index in [1.54, 1.807) is 12.1 Å². The van der Waals surface area contributed by atoms with Crippen LogP contribution in [0.3, 0.4) is 0 Å². The lowest BCUT2D eigenvalue weighted by molar-refractivity contribution is -0.149. The summed E-state index contributed by atoms with van der Waals surface area (Å²) in [5.74, 6) is -0.293. The van der Waals surface area contributed by atoms with Gasteiger partial charge in [0.2, 0.25) is 0 Å². The molecule has 4 nitrogen and oxygen atoms in total. The largest absolute Gasteiger partial charge is 0.401 e. The first-order valence-corrected chi connectivity index (χ1v) is 8.97. The van der Waals surface area contributed by atoms with Crippen LogP contribution in [0.15, 0.2) is 47.8 Å². The smallest absolute Gasteiger partial charge is 0.301 e. The topological polar surface area (TPSA) is 21.8 Å². The van der Waals surface area contributed by atoms with E-state index in [0.29, 0.717) is 26.2 Å². The van der Waals surface area contributed by atoms with E-state index in [0.717, 1.165) is 17.0 Å². The Morgan fingerprint density at radius 1 is 1.07 bits per heavy atom. The molecule has 1 unspecified atom stereocenters. The average molecular weight is 384 g/mol. The van der Waals surface area contributed by atoms with Crippen LogP contribution in [-0.2, 0) is 0 Å². The second kappa shape index (κ2) is 7.90. The molecule has 0 radical (unpaired) electrons. The number of hydrogen-bond acceptors (Lipinski definition) is 4. The second-order valence-corrected chi connectivity index (χ2v) is 6.92. The predicted octanol–water partition coefficient (Wildman–Crippen LogP) is 3.51. The number of nitrogens with one attached hydrogen (secondary N) is 1. The molecule has 0 saturated carbocycles. The summed E-state index contributed by atoms with van der Waals surface area (Å²) in [4.78, 5) is 3.65. The maximum Gasteiger partial charge on any atom is 0.401 e. The van der Waals surface area contributed by atoms with Gasteiger partial charge < -0.3 is 5.43 Å². The van der Waals surface area contributed by atoms with Crippen molar-refractivity contribution >= 4 is 5.69 Å². The summed E-state index contributed by atoms with van der Waals surface area (Å²) in [5, 5.41) is 1.88. The van der Waals surface area contributed by atoms with E-state index in [1.165, 1.54) is 17.0 Å². The number of allylic oxidation sites excluding steroid dienone is 1. The highest BCUT2D eigenvalue weighted by Crippen LogP contribution is 2.27. The molecule has 1 atom stereocenters. The maximum atomic E-state index is 13.2. The summed E-state index contributed by atoms with van der Waals surface area (Å²) >= 11 is 0. The number of benzene rings is 1. The molecule has 1 aromatic carbocycles. The Morgan fingerprint density at radius 3 is 2.30 bits per heavy atom. The van der Waals surface area contributed by atoms with Crippen molar-refractivity contribution < 1.29 is 17.6 Å². The molecule has 27 heavy (non-hydrogen) atoms. The van der Waals surface area contributed by atoms with Gasteiger partial charge in [-0.1, -0.05) is 0 Å². The fourth-order valence-corrected chi connectivity index (χ4v) is 3.61. The molecule has 1 fully saturated rings. The van der Waals surface area contributed by atoms with Gasteiger partial charge in [0.1, 0.15) is 5.82 Å². The van der Waals surface area contributed by atoms with Gasteiger partial charge in [-0.2, -0.15) is 13.2 Å². The molecule has 2 aliphatic heterocycles. The molecule has 2 heterocycles. The minimum Gasteiger partial charge on any atom is -0.301 e. The number of halogens is 4. The molecular formula is C19H24F4N4. The summed E-state index contributed by atoms with van der Waals surface area (Å²) < 4.78 is 50.9.